The van der Waals surface area contributed by atoms with E-state index in [9.17, 15) is 19.8 Å². The highest BCUT2D eigenvalue weighted by atomic mass is 35.5. The van der Waals surface area contributed by atoms with E-state index < -0.39 is 35.1 Å². The number of hydrogen-bond donors (Lipinski definition) is 3. The van der Waals surface area contributed by atoms with Crippen LogP contribution in [0.25, 0.3) is 10.8 Å². The molecular formula is C32H34ClN3O5. The summed E-state index contributed by atoms with van der Waals surface area (Å²) in [6.45, 7) is 1.77. The SMILES string of the molecule is Cl.NC(=O)N(C(=O)c1cccc2ccccc12)[C@@H]1CC[C@@]2(O)[C@H]3Cc4ccc(O)c5c4[C@@]2(CCN3CC2CC2)[C@H]1O5. The number of carbonyl (C=O) groups is 2. The van der Waals surface area contributed by atoms with Gasteiger partial charge in [0.1, 0.15) is 6.10 Å². The van der Waals surface area contributed by atoms with E-state index in [1.165, 1.54) is 12.8 Å². The average Bonchev–Trinajstić information content (AvgIpc) is 3.69. The lowest BCUT2D eigenvalue weighted by molar-refractivity contribution is -0.196. The molecule has 0 unspecified atom stereocenters. The second-order valence-electron chi connectivity index (χ2n) is 12.4. The number of aliphatic hydroxyl groups is 1. The van der Waals surface area contributed by atoms with Gasteiger partial charge in [0.2, 0.25) is 0 Å². The van der Waals surface area contributed by atoms with Crippen molar-refractivity contribution in [1.29, 1.82) is 0 Å². The minimum atomic E-state index is -1.11. The zero-order valence-electron chi connectivity index (χ0n) is 22.7. The summed E-state index contributed by atoms with van der Waals surface area (Å²) in [5.41, 5.74) is 6.34. The molecule has 0 radical (unpaired) electrons. The number of aromatic hydroxyl groups is 1. The normalized spacial score (nSPS) is 31.1. The lowest BCUT2D eigenvalue weighted by Gasteiger charge is -2.64. The smallest absolute Gasteiger partial charge is 0.322 e. The highest BCUT2D eigenvalue weighted by Crippen LogP contribution is 2.66. The van der Waals surface area contributed by atoms with Crippen LogP contribution in [-0.4, -0.2) is 68.8 Å². The van der Waals surface area contributed by atoms with Crippen LogP contribution in [0.4, 0.5) is 4.79 Å². The molecular weight excluding hydrogens is 542 g/mol. The third kappa shape index (κ3) is 3.47. The first kappa shape index (κ1) is 26.6. The molecule has 8 nitrogen and oxygen atoms in total. The lowest BCUT2D eigenvalue weighted by atomic mass is 9.48. The number of piperidine rings is 1. The molecule has 1 saturated heterocycles. The predicted octanol–water partition coefficient (Wildman–Crippen LogP) is 4.12. The summed E-state index contributed by atoms with van der Waals surface area (Å²) in [7, 11) is 0. The van der Waals surface area contributed by atoms with Crippen LogP contribution < -0.4 is 10.5 Å². The number of amides is 3. The van der Waals surface area contributed by atoms with E-state index >= 15 is 0 Å². The van der Waals surface area contributed by atoms with Gasteiger partial charge in [-0.3, -0.25) is 14.6 Å². The summed E-state index contributed by atoms with van der Waals surface area (Å²) in [6, 6.07) is 15.0. The van der Waals surface area contributed by atoms with Gasteiger partial charge in [0.15, 0.2) is 11.5 Å². The van der Waals surface area contributed by atoms with Crippen LogP contribution >= 0.6 is 12.4 Å². The van der Waals surface area contributed by atoms with E-state index in [0.29, 0.717) is 42.9 Å². The van der Waals surface area contributed by atoms with Crippen molar-refractivity contribution in [2.75, 3.05) is 13.1 Å². The van der Waals surface area contributed by atoms with Crippen LogP contribution in [-0.2, 0) is 11.8 Å². The third-order valence-corrected chi connectivity index (χ3v) is 10.5. The molecule has 1 spiro atoms. The molecule has 5 aliphatic rings. The Kier molecular flexibility index (Phi) is 5.88. The van der Waals surface area contributed by atoms with E-state index in [2.05, 4.69) is 4.90 Å². The first-order chi connectivity index (χ1) is 19.3. The van der Waals surface area contributed by atoms with Crippen molar-refractivity contribution in [3.05, 3.63) is 71.3 Å². The number of imide groups is 1. The van der Waals surface area contributed by atoms with Crippen LogP contribution in [0.3, 0.4) is 0 Å². The van der Waals surface area contributed by atoms with E-state index in [-0.39, 0.29) is 24.2 Å². The number of nitrogens with two attached hydrogens (primary N) is 1. The summed E-state index contributed by atoms with van der Waals surface area (Å²) >= 11 is 0. The lowest BCUT2D eigenvalue weighted by Crippen LogP contribution is -2.78. The van der Waals surface area contributed by atoms with Crippen molar-refractivity contribution in [3.63, 3.8) is 0 Å². The summed E-state index contributed by atoms with van der Waals surface area (Å²) < 4.78 is 6.59. The predicted molar refractivity (Wildman–Crippen MR) is 156 cm³/mol. The van der Waals surface area contributed by atoms with Crippen molar-refractivity contribution < 1.29 is 24.5 Å². The molecule has 214 valence electrons. The van der Waals surface area contributed by atoms with Crippen LogP contribution in [0.1, 0.15) is 53.6 Å². The highest BCUT2D eigenvalue weighted by molar-refractivity contribution is 6.12. The number of benzene rings is 3. The third-order valence-electron chi connectivity index (χ3n) is 10.5. The van der Waals surface area contributed by atoms with Gasteiger partial charge in [-0.05, 0) is 79.5 Å². The van der Waals surface area contributed by atoms with Crippen LogP contribution in [0.5, 0.6) is 11.5 Å². The number of ether oxygens (including phenoxy) is 1. The molecule has 3 aromatic carbocycles. The Hall–Kier alpha value is -3.33. The van der Waals surface area contributed by atoms with Gasteiger partial charge in [-0.1, -0.05) is 42.5 Å². The Bertz CT molecular complexity index is 1590. The molecule has 0 aromatic heterocycles. The second-order valence-corrected chi connectivity index (χ2v) is 12.4. The van der Waals surface area contributed by atoms with Crippen LogP contribution in [0.15, 0.2) is 54.6 Å². The fraction of sp³-hybridized carbons (Fsp3) is 0.438. The van der Waals surface area contributed by atoms with Gasteiger partial charge in [0, 0.05) is 23.7 Å². The standard InChI is InChI=1S/C32H33N3O5.ClH/c33-30(38)35(29(37)22-7-3-5-19-4-1-2-6-21(19)22)23-12-13-32(39)25-16-20-10-11-24(36)27-26(20)31(32,28(23)40-27)14-15-34(25)17-18-8-9-18;/h1-7,10-11,18,23,25,28,36,39H,8-9,12-17H2,(H2,33,38);1H/t23-,25-,28+,31+,32-;/m1./s1. The Morgan fingerprint density at radius 3 is 2.61 bits per heavy atom. The zero-order chi connectivity index (χ0) is 27.4. The van der Waals surface area contributed by atoms with Gasteiger partial charge in [0.25, 0.3) is 5.91 Å². The summed E-state index contributed by atoms with van der Waals surface area (Å²) in [4.78, 5) is 30.9. The first-order valence-corrected chi connectivity index (χ1v) is 14.4. The number of rotatable bonds is 4. The summed E-state index contributed by atoms with van der Waals surface area (Å²) in [6.07, 6.45) is 3.82. The second kappa shape index (κ2) is 9.08. The molecule has 3 amide bonds. The molecule has 3 aromatic rings. The Balaban J connectivity index is 0.00000276. The molecule has 3 aliphatic carbocycles. The number of carbonyl (C=O) groups excluding carboxylic acids is 2. The number of fused-ring (bicyclic) bond motifs is 1. The summed E-state index contributed by atoms with van der Waals surface area (Å²) in [5, 5.41) is 25.3. The molecule has 8 rings (SSSR count). The molecule has 5 atom stereocenters. The number of phenols is 1. The summed E-state index contributed by atoms with van der Waals surface area (Å²) in [5.74, 6) is 0.612. The van der Waals surface area contributed by atoms with Gasteiger partial charge in [-0.15, -0.1) is 12.4 Å². The number of phenolic OH excluding ortho intramolecular Hbond substituents is 1. The maximum Gasteiger partial charge on any atom is 0.322 e. The van der Waals surface area contributed by atoms with Crippen LogP contribution in [0.2, 0.25) is 0 Å². The number of likely N-dealkylation sites (tertiary alicyclic amines) is 1. The van der Waals surface area contributed by atoms with Gasteiger partial charge in [-0.25, -0.2) is 4.79 Å². The van der Waals surface area contributed by atoms with Crippen molar-refractivity contribution in [2.24, 2.45) is 11.7 Å². The van der Waals surface area contributed by atoms with Gasteiger partial charge >= 0.3 is 6.03 Å². The van der Waals surface area contributed by atoms with E-state index in [0.717, 1.165) is 39.9 Å². The van der Waals surface area contributed by atoms with Crippen LogP contribution in [0, 0.1) is 5.92 Å². The van der Waals surface area contributed by atoms with Crippen molar-refractivity contribution in [3.8, 4) is 11.5 Å². The van der Waals surface area contributed by atoms with Gasteiger partial charge < -0.3 is 20.7 Å². The molecule has 2 bridgehead atoms. The fourth-order valence-electron chi connectivity index (χ4n) is 8.68. The van der Waals surface area contributed by atoms with E-state index in [4.69, 9.17) is 10.5 Å². The Morgan fingerprint density at radius 1 is 1.05 bits per heavy atom. The van der Waals surface area contributed by atoms with Gasteiger partial charge in [0.05, 0.1) is 17.1 Å². The number of primary amides is 1. The maximum absolute atomic E-state index is 14.2. The topological polar surface area (TPSA) is 116 Å². The zero-order valence-corrected chi connectivity index (χ0v) is 23.5. The number of nitrogens with zero attached hydrogens (tertiary/aromatic N) is 2. The Labute approximate surface area is 244 Å². The van der Waals surface area contributed by atoms with Crippen molar-refractivity contribution >= 4 is 35.1 Å². The largest absolute Gasteiger partial charge is 0.504 e. The molecule has 3 fully saturated rings. The first-order valence-electron chi connectivity index (χ1n) is 14.4. The highest BCUT2D eigenvalue weighted by Gasteiger charge is 2.74. The quantitative estimate of drug-likeness (QED) is 0.431. The molecule has 41 heavy (non-hydrogen) atoms. The van der Waals surface area contributed by atoms with E-state index in [1.807, 2.05) is 36.4 Å². The van der Waals surface area contributed by atoms with Gasteiger partial charge in [-0.2, -0.15) is 0 Å². The molecule has 2 heterocycles. The average molecular weight is 576 g/mol. The number of hydrogen-bond acceptors (Lipinski definition) is 6. The maximum atomic E-state index is 14.2. The monoisotopic (exact) mass is 575 g/mol. The number of urea groups is 1. The molecule has 2 saturated carbocycles. The van der Waals surface area contributed by atoms with Crippen molar-refractivity contribution in [1.82, 2.24) is 9.80 Å². The Morgan fingerprint density at radius 2 is 1.83 bits per heavy atom. The van der Waals surface area contributed by atoms with Crippen molar-refractivity contribution in [2.45, 2.75) is 67.7 Å². The molecule has 2 aliphatic heterocycles. The molecule has 9 heteroatoms. The fourth-order valence-corrected chi connectivity index (χ4v) is 8.68. The molecule has 4 N–H and O–H groups in total. The van der Waals surface area contributed by atoms with E-state index in [1.54, 1.807) is 18.2 Å². The minimum absolute atomic E-state index is 0. The minimum Gasteiger partial charge on any atom is -0.504 e. The number of halogens is 1.